The third kappa shape index (κ3) is 3.73. The van der Waals surface area contributed by atoms with Gasteiger partial charge in [-0.2, -0.15) is 5.26 Å². The molecule has 2 aromatic rings. The van der Waals surface area contributed by atoms with Crippen LogP contribution in [-0.4, -0.2) is 0 Å². The molecule has 5 heteroatoms. The van der Waals surface area contributed by atoms with Crippen LogP contribution < -0.4 is 5.32 Å². The normalized spacial score (nSPS) is 11.7. The molecule has 2 rings (SSSR count). The maximum atomic E-state index is 9.30. The van der Waals surface area contributed by atoms with Crippen LogP contribution in [-0.2, 0) is 0 Å². The Morgan fingerprint density at radius 2 is 1.89 bits per heavy atom. The first kappa shape index (κ1) is 14.4. The van der Waals surface area contributed by atoms with Crippen molar-refractivity contribution < 1.29 is 0 Å². The molecule has 96 valence electrons. The van der Waals surface area contributed by atoms with Crippen molar-refractivity contribution in [3.05, 3.63) is 62.0 Å². The first-order chi connectivity index (χ1) is 9.10. The van der Waals surface area contributed by atoms with E-state index < -0.39 is 6.04 Å². The van der Waals surface area contributed by atoms with Gasteiger partial charge in [0.2, 0.25) is 0 Å². The Kier molecular flexibility index (Phi) is 4.87. The number of hydrogen-bond donors (Lipinski definition) is 1. The Hall–Kier alpha value is -1.02. The van der Waals surface area contributed by atoms with Crippen LogP contribution in [0, 0.1) is 11.3 Å². The summed E-state index contributed by atoms with van der Waals surface area (Å²) in [5.41, 5.74) is 1.70. The summed E-state index contributed by atoms with van der Waals surface area (Å²) in [4.78, 5) is 0. The third-order valence-corrected chi connectivity index (χ3v) is 4.66. The van der Waals surface area contributed by atoms with Crippen LogP contribution in [0.15, 0.2) is 51.4 Å². The highest BCUT2D eigenvalue weighted by molar-refractivity contribution is 9.13. The molecule has 19 heavy (non-hydrogen) atoms. The van der Waals surface area contributed by atoms with Gasteiger partial charge in [0.15, 0.2) is 0 Å². The smallest absolute Gasteiger partial charge is 0.140 e. The maximum Gasteiger partial charge on any atom is 0.140 e. The lowest BCUT2D eigenvalue weighted by Gasteiger charge is -2.14. The van der Waals surface area contributed by atoms with Gasteiger partial charge in [-0.1, -0.05) is 23.7 Å². The SMILES string of the molecule is N#CC(Nc1cccc(Cl)c1)c1ccc(Br)c(Br)c1. The summed E-state index contributed by atoms with van der Waals surface area (Å²) in [7, 11) is 0. The van der Waals surface area contributed by atoms with Gasteiger partial charge in [0.1, 0.15) is 6.04 Å². The van der Waals surface area contributed by atoms with Crippen molar-refractivity contribution in [2.24, 2.45) is 0 Å². The van der Waals surface area contributed by atoms with Crippen LogP contribution in [0.3, 0.4) is 0 Å². The monoisotopic (exact) mass is 398 g/mol. The van der Waals surface area contributed by atoms with Gasteiger partial charge in [0.25, 0.3) is 0 Å². The number of hydrogen-bond acceptors (Lipinski definition) is 2. The highest BCUT2D eigenvalue weighted by Gasteiger charge is 2.11. The highest BCUT2D eigenvalue weighted by Crippen LogP contribution is 2.28. The van der Waals surface area contributed by atoms with E-state index in [0.29, 0.717) is 5.02 Å². The van der Waals surface area contributed by atoms with Gasteiger partial charge in [-0.3, -0.25) is 0 Å². The molecule has 0 aromatic heterocycles. The molecule has 1 unspecified atom stereocenters. The first-order valence-electron chi connectivity index (χ1n) is 5.47. The van der Waals surface area contributed by atoms with Crippen molar-refractivity contribution in [2.45, 2.75) is 6.04 Å². The average molecular weight is 401 g/mol. The number of nitriles is 1. The van der Waals surface area contributed by atoms with E-state index in [-0.39, 0.29) is 0 Å². The number of benzene rings is 2. The number of rotatable bonds is 3. The summed E-state index contributed by atoms with van der Waals surface area (Å²) >= 11 is 12.8. The molecule has 1 N–H and O–H groups in total. The molecule has 0 spiro atoms. The molecular formula is C14H9Br2ClN2. The molecule has 2 aromatic carbocycles. The molecule has 0 saturated heterocycles. The minimum Gasteiger partial charge on any atom is -0.366 e. The van der Waals surface area contributed by atoms with E-state index >= 15 is 0 Å². The first-order valence-corrected chi connectivity index (χ1v) is 7.43. The predicted octanol–water partition coefficient (Wildman–Crippen LogP) is 5.54. The lowest BCUT2D eigenvalue weighted by atomic mass is 10.1. The number of nitrogens with zero attached hydrogens (tertiary/aromatic N) is 1. The number of halogens is 3. The van der Waals surface area contributed by atoms with E-state index in [2.05, 4.69) is 43.2 Å². The molecule has 1 atom stereocenters. The second kappa shape index (κ2) is 6.42. The van der Waals surface area contributed by atoms with E-state index in [9.17, 15) is 5.26 Å². The quantitative estimate of drug-likeness (QED) is 0.734. The zero-order valence-corrected chi connectivity index (χ0v) is 13.6. The van der Waals surface area contributed by atoms with Gasteiger partial charge in [-0.15, -0.1) is 0 Å². The highest BCUT2D eigenvalue weighted by atomic mass is 79.9. The summed E-state index contributed by atoms with van der Waals surface area (Å²) < 4.78 is 1.87. The molecule has 0 radical (unpaired) electrons. The fraction of sp³-hybridized carbons (Fsp3) is 0.0714. The fourth-order valence-electron chi connectivity index (χ4n) is 1.63. The minimum atomic E-state index is -0.428. The van der Waals surface area contributed by atoms with Gasteiger partial charge >= 0.3 is 0 Å². The Morgan fingerprint density at radius 1 is 1.11 bits per heavy atom. The minimum absolute atomic E-state index is 0.428. The second-order valence-corrected chi connectivity index (χ2v) is 6.04. The molecule has 0 saturated carbocycles. The maximum absolute atomic E-state index is 9.30. The van der Waals surface area contributed by atoms with Crippen molar-refractivity contribution >= 4 is 49.1 Å². The van der Waals surface area contributed by atoms with Crippen LogP contribution in [0.25, 0.3) is 0 Å². The summed E-state index contributed by atoms with van der Waals surface area (Å²) in [6, 6.07) is 14.8. The predicted molar refractivity (Wildman–Crippen MR) is 85.3 cm³/mol. The standard InChI is InChI=1S/C14H9Br2ClN2/c15-12-5-4-9(6-13(12)16)14(8-18)19-11-3-1-2-10(17)7-11/h1-7,14,19H. The van der Waals surface area contributed by atoms with Gasteiger partial charge in [0.05, 0.1) is 6.07 Å². The van der Waals surface area contributed by atoms with Crippen LogP contribution >= 0.6 is 43.5 Å². The van der Waals surface area contributed by atoms with E-state index in [0.717, 1.165) is 20.2 Å². The number of nitrogens with one attached hydrogen (secondary N) is 1. The summed E-state index contributed by atoms with van der Waals surface area (Å²) in [5.74, 6) is 0. The zero-order valence-electron chi connectivity index (χ0n) is 9.70. The molecule has 0 aliphatic heterocycles. The molecule has 0 bridgehead atoms. The Morgan fingerprint density at radius 3 is 2.53 bits per heavy atom. The van der Waals surface area contributed by atoms with Crippen molar-refractivity contribution in [2.75, 3.05) is 5.32 Å². The lowest BCUT2D eigenvalue weighted by Crippen LogP contribution is -2.08. The van der Waals surface area contributed by atoms with Crippen molar-refractivity contribution in [1.29, 1.82) is 5.26 Å². The van der Waals surface area contributed by atoms with Crippen LogP contribution in [0.1, 0.15) is 11.6 Å². The molecule has 2 nitrogen and oxygen atoms in total. The van der Waals surface area contributed by atoms with E-state index in [1.807, 2.05) is 30.3 Å². The zero-order chi connectivity index (χ0) is 13.8. The summed E-state index contributed by atoms with van der Waals surface area (Å²) in [6.07, 6.45) is 0. The van der Waals surface area contributed by atoms with Gasteiger partial charge in [0, 0.05) is 19.7 Å². The van der Waals surface area contributed by atoms with Gasteiger partial charge in [-0.25, -0.2) is 0 Å². The molecule has 0 amide bonds. The van der Waals surface area contributed by atoms with Crippen LogP contribution in [0.4, 0.5) is 5.69 Å². The van der Waals surface area contributed by atoms with Crippen molar-refractivity contribution in [3.8, 4) is 6.07 Å². The molecular weight excluding hydrogens is 391 g/mol. The van der Waals surface area contributed by atoms with E-state index in [1.54, 1.807) is 12.1 Å². The Labute approximate surface area is 133 Å². The second-order valence-electron chi connectivity index (χ2n) is 3.89. The Bertz CT molecular complexity index is 638. The number of anilines is 1. The van der Waals surface area contributed by atoms with Crippen LogP contribution in [0.5, 0.6) is 0 Å². The summed E-state index contributed by atoms with van der Waals surface area (Å²) in [5, 5.41) is 13.1. The topological polar surface area (TPSA) is 35.8 Å². The molecule has 0 fully saturated rings. The summed E-state index contributed by atoms with van der Waals surface area (Å²) in [6.45, 7) is 0. The third-order valence-electron chi connectivity index (χ3n) is 2.54. The van der Waals surface area contributed by atoms with Crippen molar-refractivity contribution in [1.82, 2.24) is 0 Å². The average Bonchev–Trinajstić information content (AvgIpc) is 2.39. The van der Waals surface area contributed by atoms with Gasteiger partial charge in [-0.05, 0) is 67.8 Å². The van der Waals surface area contributed by atoms with E-state index in [4.69, 9.17) is 11.6 Å². The molecule has 0 heterocycles. The lowest BCUT2D eigenvalue weighted by molar-refractivity contribution is 0.995. The van der Waals surface area contributed by atoms with Crippen LogP contribution in [0.2, 0.25) is 5.02 Å². The fourth-order valence-corrected chi connectivity index (χ4v) is 2.46. The van der Waals surface area contributed by atoms with Crippen molar-refractivity contribution in [3.63, 3.8) is 0 Å². The molecule has 0 aliphatic rings. The molecule has 0 aliphatic carbocycles. The Balaban J connectivity index is 2.25. The van der Waals surface area contributed by atoms with E-state index in [1.165, 1.54) is 0 Å². The van der Waals surface area contributed by atoms with Gasteiger partial charge < -0.3 is 5.32 Å². The largest absolute Gasteiger partial charge is 0.366 e.